The van der Waals surface area contributed by atoms with E-state index in [1.165, 1.54) is 4.88 Å². The van der Waals surface area contributed by atoms with Crippen molar-refractivity contribution in [2.24, 2.45) is 0 Å². The second-order valence-electron chi connectivity index (χ2n) is 6.44. The fourth-order valence-corrected chi connectivity index (χ4v) is 4.51. The first kappa shape index (κ1) is 16.1. The number of hydrogen-bond donors (Lipinski definition) is 0. The van der Waals surface area contributed by atoms with Crippen molar-refractivity contribution in [2.75, 3.05) is 6.61 Å². The molecule has 2 heterocycles. The van der Waals surface area contributed by atoms with Crippen LogP contribution in [0.1, 0.15) is 30.6 Å². The van der Waals surface area contributed by atoms with Gasteiger partial charge in [-0.15, -0.1) is 11.3 Å². The Kier molecular flexibility index (Phi) is 4.61. The van der Waals surface area contributed by atoms with Gasteiger partial charge in [0.15, 0.2) is 0 Å². The number of rotatable bonds is 5. The highest BCUT2D eigenvalue weighted by Gasteiger charge is 2.37. The summed E-state index contributed by atoms with van der Waals surface area (Å²) in [6, 6.07) is 12.5. The van der Waals surface area contributed by atoms with E-state index in [1.807, 2.05) is 29.2 Å². The summed E-state index contributed by atoms with van der Waals surface area (Å²) in [5.74, 6) is 0.169. The Morgan fingerprint density at radius 1 is 1.21 bits per heavy atom. The number of carbonyl (C=O) groups is 1. The smallest absolute Gasteiger partial charge is 0.252 e. The molecule has 0 bridgehead atoms. The predicted molar refractivity (Wildman–Crippen MR) is 97.3 cm³/mol. The fraction of sp³-hybridized carbons (Fsp3) is 0.421. The van der Waals surface area contributed by atoms with Gasteiger partial charge in [-0.25, -0.2) is 0 Å². The third-order valence-electron chi connectivity index (χ3n) is 4.60. The average Bonchev–Trinajstić information content (AvgIpc) is 3.10. The van der Waals surface area contributed by atoms with E-state index in [2.05, 4.69) is 12.1 Å². The normalized spacial score (nSPS) is 20.3. The molecule has 1 aromatic carbocycles. The molecular formula is C19H20ClNO2S. The van der Waals surface area contributed by atoms with Gasteiger partial charge in [-0.2, -0.15) is 0 Å². The summed E-state index contributed by atoms with van der Waals surface area (Å²) in [5.41, 5.74) is 1.05. The zero-order chi connectivity index (χ0) is 16.5. The zero-order valence-electron chi connectivity index (χ0n) is 13.4. The van der Waals surface area contributed by atoms with Crippen LogP contribution in [0, 0.1) is 0 Å². The van der Waals surface area contributed by atoms with E-state index in [-0.39, 0.29) is 12.0 Å². The highest BCUT2D eigenvalue weighted by molar-refractivity contribution is 7.15. The maximum Gasteiger partial charge on any atom is 0.252 e. The summed E-state index contributed by atoms with van der Waals surface area (Å²) in [5, 5.41) is 0.764. The van der Waals surface area contributed by atoms with E-state index in [0.717, 1.165) is 41.1 Å². The van der Waals surface area contributed by atoms with Crippen LogP contribution in [0.4, 0.5) is 0 Å². The van der Waals surface area contributed by atoms with Gasteiger partial charge >= 0.3 is 0 Å². The number of carbonyl (C=O) groups excluding carboxylic acids is 1. The number of benzene rings is 1. The Morgan fingerprint density at radius 2 is 2.04 bits per heavy atom. The lowest BCUT2D eigenvalue weighted by Crippen LogP contribution is -2.39. The third-order valence-corrected chi connectivity index (χ3v) is 6.04. The van der Waals surface area contributed by atoms with Crippen LogP contribution in [-0.2, 0) is 16.1 Å². The van der Waals surface area contributed by atoms with Gasteiger partial charge in [0.2, 0.25) is 0 Å². The summed E-state index contributed by atoms with van der Waals surface area (Å²) >= 11 is 8.01. The standard InChI is InChI=1S/C19H20ClNO2S/c20-16-5-2-1-4-15(16)18-10-9-14(24-18)12-21(13-7-8-13)19(22)17-6-3-11-23-17/h1-2,4-5,9-10,13,17H,3,6-8,11-12H2/t17-/m1/s1. The summed E-state index contributed by atoms with van der Waals surface area (Å²) in [4.78, 5) is 17.1. The van der Waals surface area contributed by atoms with E-state index in [0.29, 0.717) is 19.2 Å². The minimum absolute atomic E-state index is 0.169. The van der Waals surface area contributed by atoms with Gasteiger partial charge in [0.05, 0.1) is 6.54 Å². The van der Waals surface area contributed by atoms with Gasteiger partial charge < -0.3 is 9.64 Å². The van der Waals surface area contributed by atoms with Crippen LogP contribution >= 0.6 is 22.9 Å². The molecule has 0 unspecified atom stereocenters. The third kappa shape index (κ3) is 3.37. The Labute approximate surface area is 151 Å². The fourth-order valence-electron chi connectivity index (χ4n) is 3.17. The largest absolute Gasteiger partial charge is 0.368 e. The van der Waals surface area contributed by atoms with Gasteiger partial charge in [-0.05, 0) is 43.9 Å². The second kappa shape index (κ2) is 6.87. The Bertz CT molecular complexity index is 734. The molecule has 1 aliphatic heterocycles. The minimum atomic E-state index is -0.228. The van der Waals surface area contributed by atoms with Crippen molar-refractivity contribution in [3.05, 3.63) is 46.3 Å². The van der Waals surface area contributed by atoms with Crippen molar-refractivity contribution in [2.45, 2.75) is 44.4 Å². The molecule has 1 aliphatic carbocycles. The first-order valence-corrected chi connectivity index (χ1v) is 9.67. The molecule has 2 fully saturated rings. The van der Waals surface area contributed by atoms with Crippen LogP contribution < -0.4 is 0 Å². The molecule has 1 amide bonds. The predicted octanol–water partition coefficient (Wildman–Crippen LogP) is 4.74. The summed E-state index contributed by atoms with van der Waals surface area (Å²) in [6.45, 7) is 1.39. The van der Waals surface area contributed by atoms with Crippen LogP contribution in [0.5, 0.6) is 0 Å². The van der Waals surface area contributed by atoms with Crippen molar-refractivity contribution in [1.82, 2.24) is 4.90 Å². The second-order valence-corrected chi connectivity index (χ2v) is 8.02. The van der Waals surface area contributed by atoms with Crippen molar-refractivity contribution in [3.8, 4) is 10.4 Å². The highest BCUT2D eigenvalue weighted by atomic mass is 35.5. The maximum absolute atomic E-state index is 12.7. The minimum Gasteiger partial charge on any atom is -0.368 e. The van der Waals surface area contributed by atoms with Crippen LogP contribution in [0.3, 0.4) is 0 Å². The summed E-state index contributed by atoms with van der Waals surface area (Å²) in [7, 11) is 0. The quantitative estimate of drug-likeness (QED) is 0.769. The van der Waals surface area contributed by atoms with Gasteiger partial charge in [-0.3, -0.25) is 4.79 Å². The highest BCUT2D eigenvalue weighted by Crippen LogP contribution is 2.36. The Balaban J connectivity index is 1.51. The van der Waals surface area contributed by atoms with Crippen LogP contribution in [0.15, 0.2) is 36.4 Å². The monoisotopic (exact) mass is 361 g/mol. The molecule has 3 nitrogen and oxygen atoms in total. The molecule has 1 saturated heterocycles. The molecule has 1 atom stereocenters. The molecule has 0 radical (unpaired) electrons. The Morgan fingerprint density at radius 3 is 2.75 bits per heavy atom. The number of thiophene rings is 1. The number of halogens is 1. The van der Waals surface area contributed by atoms with Crippen LogP contribution in [0.2, 0.25) is 5.02 Å². The zero-order valence-corrected chi connectivity index (χ0v) is 15.0. The molecule has 2 aliphatic rings. The molecule has 5 heteroatoms. The molecule has 1 aromatic heterocycles. The van der Waals surface area contributed by atoms with Gasteiger partial charge in [-0.1, -0.05) is 29.8 Å². The van der Waals surface area contributed by atoms with Crippen LogP contribution in [0.25, 0.3) is 10.4 Å². The lowest BCUT2D eigenvalue weighted by atomic mass is 10.2. The van der Waals surface area contributed by atoms with E-state index in [1.54, 1.807) is 11.3 Å². The number of hydrogen-bond acceptors (Lipinski definition) is 3. The molecule has 0 N–H and O–H groups in total. The first-order chi connectivity index (χ1) is 11.7. The van der Waals surface area contributed by atoms with Gasteiger partial charge in [0.1, 0.15) is 6.10 Å². The molecule has 4 rings (SSSR count). The van der Waals surface area contributed by atoms with E-state index in [9.17, 15) is 4.79 Å². The molecule has 24 heavy (non-hydrogen) atoms. The summed E-state index contributed by atoms with van der Waals surface area (Å²) < 4.78 is 5.60. The molecular weight excluding hydrogens is 342 g/mol. The number of ether oxygens (including phenoxy) is 1. The van der Waals surface area contributed by atoms with Gasteiger partial charge in [0, 0.05) is 33.0 Å². The van der Waals surface area contributed by atoms with E-state index >= 15 is 0 Å². The molecule has 126 valence electrons. The van der Waals surface area contributed by atoms with Crippen molar-refractivity contribution < 1.29 is 9.53 Å². The van der Waals surface area contributed by atoms with Crippen molar-refractivity contribution >= 4 is 28.8 Å². The lowest BCUT2D eigenvalue weighted by molar-refractivity contribution is -0.142. The van der Waals surface area contributed by atoms with Crippen molar-refractivity contribution in [3.63, 3.8) is 0 Å². The number of nitrogens with zero attached hydrogens (tertiary/aromatic N) is 1. The Hall–Kier alpha value is -1.36. The first-order valence-electron chi connectivity index (χ1n) is 8.48. The van der Waals surface area contributed by atoms with E-state index in [4.69, 9.17) is 16.3 Å². The number of amides is 1. The SMILES string of the molecule is O=C([C@H]1CCCO1)N(Cc1ccc(-c2ccccc2Cl)s1)C1CC1. The topological polar surface area (TPSA) is 29.5 Å². The summed E-state index contributed by atoms with van der Waals surface area (Å²) in [6.07, 6.45) is 3.85. The van der Waals surface area contributed by atoms with Gasteiger partial charge in [0.25, 0.3) is 5.91 Å². The molecule has 0 spiro atoms. The van der Waals surface area contributed by atoms with Crippen LogP contribution in [-0.4, -0.2) is 29.6 Å². The molecule has 1 saturated carbocycles. The average molecular weight is 362 g/mol. The molecule has 2 aromatic rings. The maximum atomic E-state index is 12.7. The van der Waals surface area contributed by atoms with E-state index < -0.39 is 0 Å². The lowest BCUT2D eigenvalue weighted by Gasteiger charge is -2.24. The van der Waals surface area contributed by atoms with Crippen molar-refractivity contribution in [1.29, 1.82) is 0 Å².